The van der Waals surface area contributed by atoms with Gasteiger partial charge in [0.25, 0.3) is 0 Å². The number of aliphatic hydroxyl groups is 1. The van der Waals surface area contributed by atoms with Crippen molar-refractivity contribution in [1.82, 2.24) is 0 Å². The first kappa shape index (κ1) is 8.52. The predicted octanol–water partition coefficient (Wildman–Crippen LogP) is 1.57. The Labute approximate surface area is 73.9 Å². The fraction of sp³-hybridized carbons (Fsp3) is 1.00. The molecule has 1 heterocycles. The molecule has 2 rings (SSSR count). The van der Waals surface area contributed by atoms with E-state index in [9.17, 15) is 5.11 Å². The third-order valence-corrected chi connectivity index (χ3v) is 3.28. The topological polar surface area (TPSA) is 29.5 Å². The molecule has 2 atom stereocenters. The summed E-state index contributed by atoms with van der Waals surface area (Å²) in [5.74, 6) is 1.50. The monoisotopic (exact) mass is 170 g/mol. The van der Waals surface area contributed by atoms with Gasteiger partial charge < -0.3 is 9.84 Å². The third kappa shape index (κ3) is 1.80. The molecule has 1 aliphatic heterocycles. The zero-order valence-corrected chi connectivity index (χ0v) is 7.54. The quantitative estimate of drug-likeness (QED) is 0.647. The van der Waals surface area contributed by atoms with E-state index >= 15 is 0 Å². The highest BCUT2D eigenvalue weighted by Crippen LogP contribution is 2.35. The van der Waals surface area contributed by atoms with Gasteiger partial charge in [-0.2, -0.15) is 0 Å². The maximum atomic E-state index is 9.41. The first-order valence-corrected chi connectivity index (χ1v) is 5.12. The molecule has 0 bridgehead atoms. The lowest BCUT2D eigenvalue weighted by molar-refractivity contribution is -0.0502. The molecule has 1 aliphatic carbocycles. The fourth-order valence-corrected chi connectivity index (χ4v) is 2.60. The Morgan fingerprint density at radius 2 is 1.75 bits per heavy atom. The number of aliphatic hydroxyl groups excluding tert-OH is 1. The minimum absolute atomic E-state index is 0.190. The van der Waals surface area contributed by atoms with E-state index in [2.05, 4.69) is 0 Å². The highest BCUT2D eigenvalue weighted by atomic mass is 16.5. The second-order valence-electron chi connectivity index (χ2n) is 4.23. The van der Waals surface area contributed by atoms with Crippen LogP contribution in [0.5, 0.6) is 0 Å². The standard InChI is InChI=1S/C10H18O2/c11-10-5-9(6-12-7-10)8-3-1-2-4-8/h8-11H,1-7H2. The number of rotatable bonds is 1. The van der Waals surface area contributed by atoms with Crippen LogP contribution >= 0.6 is 0 Å². The van der Waals surface area contributed by atoms with Crippen molar-refractivity contribution in [3.8, 4) is 0 Å². The molecule has 2 unspecified atom stereocenters. The van der Waals surface area contributed by atoms with E-state index in [4.69, 9.17) is 4.74 Å². The van der Waals surface area contributed by atoms with Gasteiger partial charge in [-0.3, -0.25) is 0 Å². The zero-order valence-electron chi connectivity index (χ0n) is 7.54. The fourth-order valence-electron chi connectivity index (χ4n) is 2.60. The summed E-state index contributed by atoms with van der Waals surface area (Å²) in [6.45, 7) is 1.45. The highest BCUT2D eigenvalue weighted by molar-refractivity contribution is 4.79. The van der Waals surface area contributed by atoms with Crippen molar-refractivity contribution in [2.24, 2.45) is 11.8 Å². The van der Waals surface area contributed by atoms with Crippen LogP contribution in [0.4, 0.5) is 0 Å². The SMILES string of the molecule is OC1COCC(C2CCCC2)C1. The molecule has 2 fully saturated rings. The summed E-state index contributed by atoms with van der Waals surface area (Å²) in [5, 5.41) is 9.41. The molecule has 1 saturated carbocycles. The van der Waals surface area contributed by atoms with Crippen LogP contribution in [0.25, 0.3) is 0 Å². The smallest absolute Gasteiger partial charge is 0.0777 e. The van der Waals surface area contributed by atoms with E-state index in [0.29, 0.717) is 12.5 Å². The van der Waals surface area contributed by atoms with Crippen LogP contribution in [0.1, 0.15) is 32.1 Å². The molecule has 12 heavy (non-hydrogen) atoms. The van der Waals surface area contributed by atoms with Crippen molar-refractivity contribution in [2.45, 2.75) is 38.2 Å². The summed E-state index contributed by atoms with van der Waals surface area (Å²) in [5.41, 5.74) is 0. The summed E-state index contributed by atoms with van der Waals surface area (Å²) in [7, 11) is 0. The maximum Gasteiger partial charge on any atom is 0.0777 e. The van der Waals surface area contributed by atoms with Crippen LogP contribution in [0.2, 0.25) is 0 Å². The lowest BCUT2D eigenvalue weighted by Crippen LogP contribution is -2.32. The molecule has 2 heteroatoms. The number of hydrogen-bond donors (Lipinski definition) is 1. The van der Waals surface area contributed by atoms with Gasteiger partial charge in [-0.1, -0.05) is 25.7 Å². The summed E-state index contributed by atoms with van der Waals surface area (Å²) in [4.78, 5) is 0. The minimum Gasteiger partial charge on any atom is -0.391 e. The van der Waals surface area contributed by atoms with E-state index in [0.717, 1.165) is 18.9 Å². The predicted molar refractivity (Wildman–Crippen MR) is 46.9 cm³/mol. The van der Waals surface area contributed by atoms with Gasteiger partial charge in [0, 0.05) is 6.61 Å². The Hall–Kier alpha value is -0.0800. The van der Waals surface area contributed by atoms with Gasteiger partial charge in [-0.15, -0.1) is 0 Å². The van der Waals surface area contributed by atoms with Gasteiger partial charge in [0.15, 0.2) is 0 Å². The van der Waals surface area contributed by atoms with Crippen LogP contribution in [0.15, 0.2) is 0 Å². The molecule has 2 aliphatic rings. The largest absolute Gasteiger partial charge is 0.391 e. The van der Waals surface area contributed by atoms with Crippen molar-refractivity contribution in [1.29, 1.82) is 0 Å². The lowest BCUT2D eigenvalue weighted by Gasteiger charge is -2.30. The van der Waals surface area contributed by atoms with E-state index in [1.165, 1.54) is 25.7 Å². The Morgan fingerprint density at radius 3 is 2.42 bits per heavy atom. The van der Waals surface area contributed by atoms with Gasteiger partial charge in [0.1, 0.15) is 0 Å². The average Bonchev–Trinajstić information content (AvgIpc) is 2.56. The molecular formula is C10H18O2. The minimum atomic E-state index is -0.190. The summed E-state index contributed by atoms with van der Waals surface area (Å²) in [6, 6.07) is 0. The lowest BCUT2D eigenvalue weighted by atomic mass is 9.86. The van der Waals surface area contributed by atoms with Gasteiger partial charge in [-0.25, -0.2) is 0 Å². The van der Waals surface area contributed by atoms with Gasteiger partial charge >= 0.3 is 0 Å². The summed E-state index contributed by atoms with van der Waals surface area (Å²) >= 11 is 0. The highest BCUT2D eigenvalue weighted by Gasteiger charge is 2.29. The van der Waals surface area contributed by atoms with Crippen LogP contribution in [-0.4, -0.2) is 24.4 Å². The molecular weight excluding hydrogens is 152 g/mol. The van der Waals surface area contributed by atoms with Crippen molar-refractivity contribution < 1.29 is 9.84 Å². The normalized spacial score (nSPS) is 38.8. The molecule has 0 spiro atoms. The van der Waals surface area contributed by atoms with E-state index in [-0.39, 0.29) is 6.10 Å². The van der Waals surface area contributed by atoms with Gasteiger partial charge in [0.2, 0.25) is 0 Å². The van der Waals surface area contributed by atoms with Crippen LogP contribution in [0.3, 0.4) is 0 Å². The molecule has 0 aromatic carbocycles. The van der Waals surface area contributed by atoms with Gasteiger partial charge in [0.05, 0.1) is 12.7 Å². The summed E-state index contributed by atoms with van der Waals surface area (Å²) < 4.78 is 5.36. The number of ether oxygens (including phenoxy) is 1. The second kappa shape index (κ2) is 3.75. The molecule has 0 amide bonds. The molecule has 0 aromatic rings. The van der Waals surface area contributed by atoms with E-state index < -0.39 is 0 Å². The first-order chi connectivity index (χ1) is 5.86. The van der Waals surface area contributed by atoms with Crippen molar-refractivity contribution >= 4 is 0 Å². The Kier molecular flexibility index (Phi) is 2.66. The van der Waals surface area contributed by atoms with Crippen molar-refractivity contribution in [3.05, 3.63) is 0 Å². The van der Waals surface area contributed by atoms with Gasteiger partial charge in [-0.05, 0) is 18.3 Å². The van der Waals surface area contributed by atoms with Crippen LogP contribution in [-0.2, 0) is 4.74 Å². The Balaban J connectivity index is 1.85. The number of hydrogen-bond acceptors (Lipinski definition) is 2. The second-order valence-corrected chi connectivity index (χ2v) is 4.23. The molecule has 0 aromatic heterocycles. The molecule has 0 radical (unpaired) electrons. The average molecular weight is 170 g/mol. The molecule has 2 nitrogen and oxygen atoms in total. The molecule has 70 valence electrons. The van der Waals surface area contributed by atoms with E-state index in [1.54, 1.807) is 0 Å². The zero-order chi connectivity index (χ0) is 8.39. The van der Waals surface area contributed by atoms with Crippen molar-refractivity contribution in [2.75, 3.05) is 13.2 Å². The Morgan fingerprint density at radius 1 is 1.00 bits per heavy atom. The first-order valence-electron chi connectivity index (χ1n) is 5.12. The van der Waals surface area contributed by atoms with E-state index in [1.807, 2.05) is 0 Å². The third-order valence-electron chi connectivity index (χ3n) is 3.28. The van der Waals surface area contributed by atoms with Crippen LogP contribution < -0.4 is 0 Å². The maximum absolute atomic E-state index is 9.41. The molecule has 1 saturated heterocycles. The van der Waals surface area contributed by atoms with Crippen LogP contribution in [0, 0.1) is 11.8 Å². The van der Waals surface area contributed by atoms with Crippen molar-refractivity contribution in [3.63, 3.8) is 0 Å². The molecule has 1 N–H and O–H groups in total. The summed E-state index contributed by atoms with van der Waals surface area (Å²) in [6.07, 6.45) is 6.28. The Bertz CT molecular complexity index is 141.